The summed E-state index contributed by atoms with van der Waals surface area (Å²) < 4.78 is 0. The summed E-state index contributed by atoms with van der Waals surface area (Å²) >= 11 is 0. The van der Waals surface area contributed by atoms with Gasteiger partial charge in [0.25, 0.3) is 0 Å². The van der Waals surface area contributed by atoms with Gasteiger partial charge < -0.3 is 10.0 Å². The lowest BCUT2D eigenvalue weighted by atomic mass is 10.0. The summed E-state index contributed by atoms with van der Waals surface area (Å²) in [7, 11) is 0. The van der Waals surface area contributed by atoms with Crippen molar-refractivity contribution in [3.8, 4) is 0 Å². The minimum Gasteiger partial charge on any atom is -0.481 e. The first-order valence-electron chi connectivity index (χ1n) is 5.31. The molecule has 0 spiro atoms. The Morgan fingerprint density at radius 3 is 2.93 bits per heavy atom. The smallest absolute Gasteiger partial charge is 0.307 e. The van der Waals surface area contributed by atoms with Crippen LogP contribution in [0.2, 0.25) is 0 Å². The molecule has 0 bridgehead atoms. The molecule has 1 heterocycles. The van der Waals surface area contributed by atoms with E-state index in [2.05, 4.69) is 11.8 Å². The minimum atomic E-state index is -0.747. The molecule has 1 fully saturated rings. The van der Waals surface area contributed by atoms with Gasteiger partial charge in [-0.25, -0.2) is 0 Å². The standard InChI is InChI=1S/C11H19NO2/c1-2-12-8-7-10(9-12)5-3-4-6-11(13)14/h3-4,10H,2,5-9H2,1H3,(H,13,14)/b4-3-. The number of aliphatic carboxylic acids is 1. The summed E-state index contributed by atoms with van der Waals surface area (Å²) in [5.74, 6) is -0.0112. The lowest BCUT2D eigenvalue weighted by Gasteiger charge is -2.11. The van der Waals surface area contributed by atoms with Crippen LogP contribution >= 0.6 is 0 Å². The molecule has 0 radical (unpaired) electrons. The summed E-state index contributed by atoms with van der Waals surface area (Å²) in [5, 5.41) is 8.43. The number of nitrogens with zero attached hydrogens (tertiary/aromatic N) is 1. The van der Waals surface area contributed by atoms with Crippen molar-refractivity contribution in [1.29, 1.82) is 0 Å². The molecule has 1 saturated heterocycles. The highest BCUT2D eigenvalue weighted by Gasteiger charge is 2.19. The lowest BCUT2D eigenvalue weighted by Crippen LogP contribution is -2.19. The van der Waals surface area contributed by atoms with E-state index >= 15 is 0 Å². The predicted molar refractivity (Wildman–Crippen MR) is 56.2 cm³/mol. The molecular weight excluding hydrogens is 178 g/mol. The molecule has 0 amide bonds. The summed E-state index contributed by atoms with van der Waals surface area (Å²) in [4.78, 5) is 12.7. The molecule has 1 aliphatic rings. The quantitative estimate of drug-likeness (QED) is 0.683. The van der Waals surface area contributed by atoms with Gasteiger partial charge >= 0.3 is 5.97 Å². The fourth-order valence-corrected chi connectivity index (χ4v) is 1.87. The van der Waals surface area contributed by atoms with Gasteiger partial charge in [0.15, 0.2) is 0 Å². The van der Waals surface area contributed by atoms with Crippen LogP contribution in [0.15, 0.2) is 12.2 Å². The maximum atomic E-state index is 10.2. The van der Waals surface area contributed by atoms with Gasteiger partial charge in [0.1, 0.15) is 0 Å². The second-order valence-corrected chi connectivity index (χ2v) is 3.85. The summed E-state index contributed by atoms with van der Waals surface area (Å²) in [6.45, 7) is 5.69. The Morgan fingerprint density at radius 2 is 2.36 bits per heavy atom. The summed E-state index contributed by atoms with van der Waals surface area (Å²) in [6.07, 6.45) is 6.22. The van der Waals surface area contributed by atoms with Crippen molar-refractivity contribution in [1.82, 2.24) is 4.90 Å². The van der Waals surface area contributed by atoms with E-state index in [1.165, 1.54) is 19.5 Å². The molecule has 3 heteroatoms. The fraction of sp³-hybridized carbons (Fsp3) is 0.727. The van der Waals surface area contributed by atoms with E-state index < -0.39 is 5.97 Å². The van der Waals surface area contributed by atoms with Crippen molar-refractivity contribution >= 4 is 5.97 Å². The van der Waals surface area contributed by atoms with Crippen LogP contribution in [0, 0.1) is 5.92 Å². The van der Waals surface area contributed by atoms with Crippen LogP contribution in [0.4, 0.5) is 0 Å². The highest BCUT2D eigenvalue weighted by atomic mass is 16.4. The first kappa shape index (κ1) is 11.2. The van der Waals surface area contributed by atoms with Crippen LogP contribution < -0.4 is 0 Å². The number of carbonyl (C=O) groups is 1. The van der Waals surface area contributed by atoms with E-state index in [9.17, 15) is 4.79 Å². The molecule has 0 aromatic carbocycles. The van der Waals surface area contributed by atoms with Crippen LogP contribution in [0.25, 0.3) is 0 Å². The largest absolute Gasteiger partial charge is 0.481 e. The van der Waals surface area contributed by atoms with Gasteiger partial charge in [-0.15, -0.1) is 0 Å². The number of carboxylic acids is 1. The van der Waals surface area contributed by atoms with Gasteiger partial charge in [-0.05, 0) is 31.8 Å². The zero-order valence-electron chi connectivity index (χ0n) is 8.78. The van der Waals surface area contributed by atoms with Gasteiger partial charge in [0.2, 0.25) is 0 Å². The normalized spacial score (nSPS) is 23.4. The van der Waals surface area contributed by atoms with E-state index in [0.717, 1.165) is 18.9 Å². The SMILES string of the molecule is CCN1CCC(C/C=C\CC(=O)O)C1. The Labute approximate surface area is 85.4 Å². The molecule has 0 aliphatic carbocycles. The molecular formula is C11H19NO2. The third-order valence-corrected chi connectivity index (χ3v) is 2.75. The maximum Gasteiger partial charge on any atom is 0.307 e. The molecule has 0 saturated carbocycles. The van der Waals surface area contributed by atoms with Crippen molar-refractivity contribution in [2.45, 2.75) is 26.2 Å². The summed E-state index contributed by atoms with van der Waals surface area (Å²) in [5.41, 5.74) is 0. The number of carboxylic acid groups (broad SMARTS) is 1. The Hall–Kier alpha value is -0.830. The molecule has 0 aromatic heterocycles. The number of hydrogen-bond acceptors (Lipinski definition) is 2. The molecule has 0 aromatic rings. The van der Waals surface area contributed by atoms with Crippen LogP contribution in [0.3, 0.4) is 0 Å². The van der Waals surface area contributed by atoms with Gasteiger partial charge in [-0.3, -0.25) is 4.79 Å². The monoisotopic (exact) mass is 197 g/mol. The van der Waals surface area contributed by atoms with Crippen molar-refractivity contribution < 1.29 is 9.90 Å². The fourth-order valence-electron chi connectivity index (χ4n) is 1.87. The van der Waals surface area contributed by atoms with Gasteiger partial charge in [-0.2, -0.15) is 0 Å². The molecule has 1 unspecified atom stereocenters. The molecule has 1 rings (SSSR count). The molecule has 14 heavy (non-hydrogen) atoms. The van der Waals surface area contributed by atoms with Crippen LogP contribution in [0.1, 0.15) is 26.2 Å². The Kier molecular flexibility index (Phi) is 4.66. The summed E-state index contributed by atoms with van der Waals surface area (Å²) in [6, 6.07) is 0. The average Bonchev–Trinajstić information content (AvgIpc) is 2.60. The molecule has 1 atom stereocenters. The third kappa shape index (κ3) is 3.92. The van der Waals surface area contributed by atoms with E-state index in [1.54, 1.807) is 6.08 Å². The highest BCUT2D eigenvalue weighted by Crippen LogP contribution is 2.19. The van der Waals surface area contributed by atoms with Gasteiger partial charge in [0.05, 0.1) is 6.42 Å². The van der Waals surface area contributed by atoms with Crippen molar-refractivity contribution in [2.75, 3.05) is 19.6 Å². The second-order valence-electron chi connectivity index (χ2n) is 3.85. The Bertz CT molecular complexity index is 213. The first-order chi connectivity index (χ1) is 6.72. The van der Waals surface area contributed by atoms with Crippen molar-refractivity contribution in [3.05, 3.63) is 12.2 Å². The van der Waals surface area contributed by atoms with E-state index in [0.29, 0.717) is 0 Å². The third-order valence-electron chi connectivity index (χ3n) is 2.75. The predicted octanol–water partition coefficient (Wildman–Crippen LogP) is 1.75. The highest BCUT2D eigenvalue weighted by molar-refractivity contribution is 5.68. The van der Waals surface area contributed by atoms with Crippen LogP contribution in [-0.4, -0.2) is 35.6 Å². The van der Waals surface area contributed by atoms with Crippen molar-refractivity contribution in [2.24, 2.45) is 5.92 Å². The number of hydrogen-bond donors (Lipinski definition) is 1. The van der Waals surface area contributed by atoms with Crippen molar-refractivity contribution in [3.63, 3.8) is 0 Å². The van der Waals surface area contributed by atoms with E-state index in [-0.39, 0.29) is 6.42 Å². The molecule has 1 aliphatic heterocycles. The van der Waals surface area contributed by atoms with Crippen LogP contribution in [0.5, 0.6) is 0 Å². The maximum absolute atomic E-state index is 10.2. The number of allylic oxidation sites excluding steroid dienone is 1. The minimum absolute atomic E-state index is 0.157. The molecule has 1 N–H and O–H groups in total. The van der Waals surface area contributed by atoms with Crippen LogP contribution in [-0.2, 0) is 4.79 Å². The number of rotatable bonds is 5. The van der Waals surface area contributed by atoms with Gasteiger partial charge in [0, 0.05) is 6.54 Å². The molecule has 3 nitrogen and oxygen atoms in total. The lowest BCUT2D eigenvalue weighted by molar-refractivity contribution is -0.136. The zero-order valence-corrected chi connectivity index (χ0v) is 8.78. The average molecular weight is 197 g/mol. The van der Waals surface area contributed by atoms with Gasteiger partial charge in [-0.1, -0.05) is 19.1 Å². The Balaban J connectivity index is 2.13. The first-order valence-corrected chi connectivity index (χ1v) is 5.31. The topological polar surface area (TPSA) is 40.5 Å². The second kappa shape index (κ2) is 5.81. The Morgan fingerprint density at radius 1 is 1.57 bits per heavy atom. The van der Waals surface area contributed by atoms with E-state index in [4.69, 9.17) is 5.11 Å². The van der Waals surface area contributed by atoms with E-state index in [1.807, 2.05) is 6.08 Å². The molecule has 80 valence electrons. The zero-order chi connectivity index (χ0) is 10.4. The number of likely N-dealkylation sites (tertiary alicyclic amines) is 1.